The number of nitrogens with one attached hydrogen (secondary N) is 1. The summed E-state index contributed by atoms with van der Waals surface area (Å²) in [6.45, 7) is 9.47. The number of nitrogens with zero attached hydrogens (tertiary/aromatic N) is 1. The number of hydrogen-bond donors (Lipinski definition) is 1. The lowest BCUT2D eigenvalue weighted by molar-refractivity contribution is -0.131. The average Bonchev–Trinajstić information content (AvgIpc) is 2.39. The highest BCUT2D eigenvalue weighted by Gasteiger charge is 2.25. The second-order valence-electron chi connectivity index (χ2n) is 6.50. The Hall–Kier alpha value is -0.480. The Morgan fingerprint density at radius 3 is 2.84 bits per heavy atom. The molecule has 108 valence electrons. The smallest absolute Gasteiger partial charge is 0.224 e. The monoisotopic (exact) mass is 282 g/mol. The summed E-state index contributed by atoms with van der Waals surface area (Å²) in [4.78, 5) is 14.3. The van der Waals surface area contributed by atoms with Crippen molar-refractivity contribution in [2.24, 2.45) is 5.41 Å². The molecule has 2 aliphatic heterocycles. The van der Waals surface area contributed by atoms with Gasteiger partial charge in [0.15, 0.2) is 0 Å². The van der Waals surface area contributed by atoms with E-state index in [1.54, 1.807) is 0 Å². The van der Waals surface area contributed by atoms with Crippen molar-refractivity contribution >= 4 is 17.7 Å². The molecule has 0 aromatic rings. The van der Waals surface area contributed by atoms with Crippen LogP contribution in [0, 0.1) is 5.41 Å². The Morgan fingerprint density at radius 2 is 2.32 bits per heavy atom. The zero-order chi connectivity index (χ0) is 13.9. The van der Waals surface area contributed by atoms with Gasteiger partial charge in [-0.1, -0.05) is 32.4 Å². The first kappa shape index (κ1) is 14.9. The van der Waals surface area contributed by atoms with Gasteiger partial charge in [-0.25, -0.2) is 0 Å². The summed E-state index contributed by atoms with van der Waals surface area (Å²) in [5.41, 5.74) is 1.74. The van der Waals surface area contributed by atoms with Gasteiger partial charge in [0.2, 0.25) is 5.91 Å². The minimum absolute atomic E-state index is 0.247. The first-order valence-corrected chi connectivity index (χ1v) is 8.40. The van der Waals surface area contributed by atoms with Crippen LogP contribution in [-0.2, 0) is 4.79 Å². The topological polar surface area (TPSA) is 32.3 Å². The number of rotatable bonds is 2. The van der Waals surface area contributed by atoms with E-state index in [0.29, 0.717) is 18.4 Å². The first-order valence-electron chi connectivity index (χ1n) is 7.25. The van der Waals surface area contributed by atoms with Crippen LogP contribution >= 0.6 is 11.8 Å². The Balaban J connectivity index is 1.83. The summed E-state index contributed by atoms with van der Waals surface area (Å²) in [6.07, 6.45) is 3.94. The predicted molar refractivity (Wildman–Crippen MR) is 82.5 cm³/mol. The zero-order valence-corrected chi connectivity index (χ0v) is 13.2. The highest BCUT2D eigenvalue weighted by molar-refractivity contribution is 7.99. The van der Waals surface area contributed by atoms with Crippen LogP contribution in [0.25, 0.3) is 0 Å². The summed E-state index contributed by atoms with van der Waals surface area (Å²) < 4.78 is 0. The molecule has 1 saturated heterocycles. The molecule has 0 aromatic carbocycles. The van der Waals surface area contributed by atoms with E-state index in [2.05, 4.69) is 32.2 Å². The van der Waals surface area contributed by atoms with Gasteiger partial charge in [-0.2, -0.15) is 11.8 Å². The van der Waals surface area contributed by atoms with Crippen molar-refractivity contribution in [1.29, 1.82) is 0 Å². The Bertz CT molecular complexity index is 354. The Labute approximate surface area is 121 Å². The van der Waals surface area contributed by atoms with Gasteiger partial charge in [-0.05, 0) is 11.8 Å². The van der Waals surface area contributed by atoms with Crippen molar-refractivity contribution < 1.29 is 4.79 Å². The third-order valence-corrected chi connectivity index (χ3v) is 5.08. The van der Waals surface area contributed by atoms with E-state index in [4.69, 9.17) is 0 Å². The summed E-state index contributed by atoms with van der Waals surface area (Å²) in [6, 6.07) is 0.374. The second-order valence-corrected chi connectivity index (χ2v) is 7.65. The van der Waals surface area contributed by atoms with Gasteiger partial charge < -0.3 is 10.2 Å². The molecule has 2 aliphatic rings. The number of amides is 1. The normalized spacial score (nSPS) is 25.1. The van der Waals surface area contributed by atoms with E-state index in [9.17, 15) is 4.79 Å². The molecule has 1 unspecified atom stereocenters. The van der Waals surface area contributed by atoms with E-state index >= 15 is 0 Å². The molecule has 2 rings (SSSR count). The Kier molecular flexibility index (Phi) is 4.96. The van der Waals surface area contributed by atoms with Crippen LogP contribution < -0.4 is 5.32 Å². The molecule has 0 radical (unpaired) electrons. The molecule has 4 heteroatoms. The van der Waals surface area contributed by atoms with Crippen molar-refractivity contribution in [3.05, 3.63) is 11.6 Å². The SMILES string of the molecule is CC(C)(C)C1=CCN(C(=O)CC2CSCCN2)CC1. The van der Waals surface area contributed by atoms with Gasteiger partial charge in [0.05, 0.1) is 0 Å². The highest BCUT2D eigenvalue weighted by Crippen LogP contribution is 2.30. The lowest BCUT2D eigenvalue weighted by Crippen LogP contribution is -2.44. The summed E-state index contributed by atoms with van der Waals surface area (Å²) >= 11 is 1.95. The maximum atomic E-state index is 12.3. The minimum Gasteiger partial charge on any atom is -0.339 e. The maximum Gasteiger partial charge on any atom is 0.224 e. The Morgan fingerprint density at radius 1 is 1.53 bits per heavy atom. The molecule has 0 saturated carbocycles. The quantitative estimate of drug-likeness (QED) is 0.789. The van der Waals surface area contributed by atoms with Gasteiger partial charge in [-0.15, -0.1) is 0 Å². The molecule has 1 fully saturated rings. The number of hydrogen-bond acceptors (Lipinski definition) is 3. The summed E-state index contributed by atoms with van der Waals surface area (Å²) in [5, 5.41) is 3.44. The molecule has 0 aliphatic carbocycles. The number of carbonyl (C=O) groups excluding carboxylic acids is 1. The van der Waals surface area contributed by atoms with Gasteiger partial charge in [0.1, 0.15) is 0 Å². The lowest BCUT2D eigenvalue weighted by Gasteiger charge is -2.33. The summed E-state index contributed by atoms with van der Waals surface area (Å²) in [7, 11) is 0. The number of thioether (sulfide) groups is 1. The molecule has 3 nitrogen and oxygen atoms in total. The summed E-state index contributed by atoms with van der Waals surface area (Å²) in [5.74, 6) is 2.55. The molecule has 19 heavy (non-hydrogen) atoms. The second kappa shape index (κ2) is 6.31. The van der Waals surface area contributed by atoms with Crippen LogP contribution in [0.15, 0.2) is 11.6 Å². The average molecular weight is 282 g/mol. The molecule has 0 aromatic heterocycles. The molecular formula is C15H26N2OS. The number of carbonyl (C=O) groups is 1. The lowest BCUT2D eigenvalue weighted by atomic mass is 9.83. The first-order chi connectivity index (χ1) is 8.97. The van der Waals surface area contributed by atoms with Crippen LogP contribution in [0.5, 0.6) is 0 Å². The standard InChI is InChI=1S/C15H26N2OS/c1-15(2,3)12-4-7-17(8-5-12)14(18)10-13-11-19-9-6-16-13/h4,13,16H,5-11H2,1-3H3. The van der Waals surface area contributed by atoms with E-state index < -0.39 is 0 Å². The zero-order valence-electron chi connectivity index (χ0n) is 12.4. The fourth-order valence-corrected chi connectivity index (χ4v) is 3.62. The molecule has 2 heterocycles. The van der Waals surface area contributed by atoms with Crippen molar-refractivity contribution in [2.45, 2.75) is 39.7 Å². The predicted octanol–water partition coefficient (Wildman–Crippen LogP) is 2.29. The largest absolute Gasteiger partial charge is 0.339 e. The third kappa shape index (κ3) is 4.25. The van der Waals surface area contributed by atoms with Crippen LogP contribution in [0.1, 0.15) is 33.6 Å². The van der Waals surface area contributed by atoms with Gasteiger partial charge >= 0.3 is 0 Å². The van der Waals surface area contributed by atoms with Crippen LogP contribution in [-0.4, -0.2) is 48.0 Å². The van der Waals surface area contributed by atoms with Crippen molar-refractivity contribution in [1.82, 2.24) is 10.2 Å². The molecule has 1 N–H and O–H groups in total. The van der Waals surface area contributed by atoms with Crippen molar-refractivity contribution in [3.63, 3.8) is 0 Å². The van der Waals surface area contributed by atoms with Gasteiger partial charge in [-0.3, -0.25) is 4.79 Å². The molecular weight excluding hydrogens is 256 g/mol. The van der Waals surface area contributed by atoms with E-state index in [1.807, 2.05) is 16.7 Å². The highest BCUT2D eigenvalue weighted by atomic mass is 32.2. The molecule has 0 spiro atoms. The molecule has 1 amide bonds. The third-order valence-electron chi connectivity index (χ3n) is 3.94. The van der Waals surface area contributed by atoms with Crippen molar-refractivity contribution in [2.75, 3.05) is 31.1 Å². The van der Waals surface area contributed by atoms with Crippen LogP contribution in [0.3, 0.4) is 0 Å². The van der Waals surface area contributed by atoms with E-state index in [-0.39, 0.29) is 5.41 Å². The molecule has 0 bridgehead atoms. The minimum atomic E-state index is 0.247. The van der Waals surface area contributed by atoms with Crippen molar-refractivity contribution in [3.8, 4) is 0 Å². The van der Waals surface area contributed by atoms with Crippen LogP contribution in [0.2, 0.25) is 0 Å². The fraction of sp³-hybridized carbons (Fsp3) is 0.800. The van der Waals surface area contributed by atoms with E-state index in [1.165, 1.54) is 11.3 Å². The molecule has 1 atom stereocenters. The maximum absolute atomic E-state index is 12.3. The van der Waals surface area contributed by atoms with Gasteiger partial charge in [0.25, 0.3) is 0 Å². The van der Waals surface area contributed by atoms with E-state index in [0.717, 1.165) is 31.8 Å². The fourth-order valence-electron chi connectivity index (χ4n) is 2.67. The van der Waals surface area contributed by atoms with Gasteiger partial charge in [0, 0.05) is 43.6 Å². The van der Waals surface area contributed by atoms with Crippen LogP contribution in [0.4, 0.5) is 0 Å².